The average molecular weight is 272 g/mol. The van der Waals surface area contributed by atoms with Crippen molar-refractivity contribution in [3.05, 3.63) is 22.4 Å². The van der Waals surface area contributed by atoms with Gasteiger partial charge in [-0.15, -0.1) is 0 Å². The van der Waals surface area contributed by atoms with Gasteiger partial charge in [0.05, 0.1) is 6.10 Å². The summed E-state index contributed by atoms with van der Waals surface area (Å²) in [7, 11) is 1.56. The van der Waals surface area contributed by atoms with E-state index in [0.717, 1.165) is 5.56 Å². The summed E-state index contributed by atoms with van der Waals surface area (Å²) in [5.74, 6) is -1.26. The van der Waals surface area contributed by atoms with Crippen molar-refractivity contribution in [3.63, 3.8) is 0 Å². The van der Waals surface area contributed by atoms with Gasteiger partial charge in [0.15, 0.2) is 6.04 Å². The van der Waals surface area contributed by atoms with Crippen LogP contribution >= 0.6 is 11.3 Å². The maximum Gasteiger partial charge on any atom is 0.328 e. The quantitative estimate of drug-likeness (QED) is 0.737. The lowest BCUT2D eigenvalue weighted by molar-refractivity contribution is -0.141. The molecule has 1 aromatic rings. The molecule has 18 heavy (non-hydrogen) atoms. The van der Waals surface area contributed by atoms with Crippen LogP contribution in [0.2, 0.25) is 0 Å². The van der Waals surface area contributed by atoms with Gasteiger partial charge in [0, 0.05) is 13.6 Å². The standard InChI is InChI=1S/C11H16N2O4S/c1-7(14)9(10(15)16)12-11(17)13(2)5-8-3-4-18-6-8/h3-4,6-7,9,14H,5H2,1-2H3,(H,12,17)(H,15,16). The molecule has 1 heterocycles. The van der Waals surface area contributed by atoms with Crippen molar-refractivity contribution in [2.24, 2.45) is 0 Å². The summed E-state index contributed by atoms with van der Waals surface area (Å²) < 4.78 is 0. The number of urea groups is 1. The fraction of sp³-hybridized carbons (Fsp3) is 0.455. The summed E-state index contributed by atoms with van der Waals surface area (Å²) in [5, 5.41) is 24.2. The van der Waals surface area contributed by atoms with E-state index in [0.29, 0.717) is 6.54 Å². The molecule has 1 rings (SSSR count). The van der Waals surface area contributed by atoms with E-state index in [1.807, 2.05) is 16.8 Å². The first kappa shape index (κ1) is 14.5. The summed E-state index contributed by atoms with van der Waals surface area (Å²) in [6.07, 6.45) is -1.15. The van der Waals surface area contributed by atoms with Crippen LogP contribution in [0.15, 0.2) is 16.8 Å². The molecule has 0 fully saturated rings. The van der Waals surface area contributed by atoms with E-state index in [1.54, 1.807) is 7.05 Å². The summed E-state index contributed by atoms with van der Waals surface area (Å²) in [5.41, 5.74) is 0.974. The van der Waals surface area contributed by atoms with E-state index in [4.69, 9.17) is 5.11 Å². The Hall–Kier alpha value is -1.60. The molecule has 7 heteroatoms. The number of rotatable bonds is 5. The van der Waals surface area contributed by atoms with Crippen LogP contribution in [-0.2, 0) is 11.3 Å². The summed E-state index contributed by atoms with van der Waals surface area (Å²) >= 11 is 1.52. The first-order valence-corrected chi connectivity index (χ1v) is 6.29. The van der Waals surface area contributed by atoms with Gasteiger partial charge in [-0.3, -0.25) is 0 Å². The highest BCUT2D eigenvalue weighted by Gasteiger charge is 2.26. The highest BCUT2D eigenvalue weighted by molar-refractivity contribution is 7.07. The van der Waals surface area contributed by atoms with Gasteiger partial charge >= 0.3 is 12.0 Å². The molecule has 0 saturated heterocycles. The number of hydrogen-bond acceptors (Lipinski definition) is 4. The predicted molar refractivity (Wildman–Crippen MR) is 67.4 cm³/mol. The molecule has 6 nitrogen and oxygen atoms in total. The summed E-state index contributed by atoms with van der Waals surface area (Å²) in [6, 6.07) is 0.0505. The summed E-state index contributed by atoms with van der Waals surface area (Å²) in [4.78, 5) is 23.9. The Morgan fingerprint density at radius 1 is 1.56 bits per heavy atom. The van der Waals surface area contributed by atoms with Crippen molar-refractivity contribution in [1.29, 1.82) is 0 Å². The number of carbonyl (C=O) groups is 2. The first-order valence-electron chi connectivity index (χ1n) is 5.35. The van der Waals surface area contributed by atoms with Gasteiger partial charge in [-0.1, -0.05) is 0 Å². The van der Waals surface area contributed by atoms with Crippen LogP contribution in [-0.4, -0.2) is 46.3 Å². The van der Waals surface area contributed by atoms with E-state index in [2.05, 4.69) is 5.32 Å². The van der Waals surface area contributed by atoms with Crippen LogP contribution in [0.4, 0.5) is 4.79 Å². The van der Waals surface area contributed by atoms with E-state index in [-0.39, 0.29) is 0 Å². The minimum absolute atomic E-state index is 0.390. The molecule has 0 radical (unpaired) electrons. The number of aliphatic hydroxyl groups is 1. The van der Waals surface area contributed by atoms with E-state index < -0.39 is 24.1 Å². The van der Waals surface area contributed by atoms with Crippen molar-refractivity contribution in [3.8, 4) is 0 Å². The third-order valence-electron chi connectivity index (χ3n) is 2.37. The maximum atomic E-state index is 11.7. The number of aliphatic carboxylic acids is 1. The normalized spacial score (nSPS) is 13.7. The first-order chi connectivity index (χ1) is 8.41. The number of carbonyl (C=O) groups excluding carboxylic acids is 1. The lowest BCUT2D eigenvalue weighted by Gasteiger charge is -2.22. The maximum absolute atomic E-state index is 11.7. The minimum Gasteiger partial charge on any atom is -0.480 e. The molecule has 3 N–H and O–H groups in total. The molecule has 0 aliphatic heterocycles. The third-order valence-corrected chi connectivity index (χ3v) is 3.11. The molecule has 0 aliphatic carbocycles. The lowest BCUT2D eigenvalue weighted by Crippen LogP contribution is -2.51. The van der Waals surface area contributed by atoms with Crippen LogP contribution < -0.4 is 5.32 Å². The highest BCUT2D eigenvalue weighted by atomic mass is 32.1. The number of aliphatic hydroxyl groups excluding tert-OH is 1. The Balaban J connectivity index is 2.56. The number of amides is 2. The Morgan fingerprint density at radius 2 is 2.22 bits per heavy atom. The Morgan fingerprint density at radius 3 is 2.67 bits per heavy atom. The molecule has 100 valence electrons. The van der Waals surface area contributed by atoms with Crippen molar-refractivity contribution < 1.29 is 19.8 Å². The monoisotopic (exact) mass is 272 g/mol. The molecule has 1 aromatic heterocycles. The molecule has 0 bridgehead atoms. The molecule has 0 aliphatic rings. The number of carboxylic acids is 1. The molecular formula is C11H16N2O4S. The molecule has 0 aromatic carbocycles. The number of thiophene rings is 1. The van der Waals surface area contributed by atoms with Gasteiger partial charge in [-0.05, 0) is 29.3 Å². The zero-order chi connectivity index (χ0) is 13.7. The molecule has 0 spiro atoms. The van der Waals surface area contributed by atoms with Crippen LogP contribution in [0.25, 0.3) is 0 Å². The van der Waals surface area contributed by atoms with Crippen LogP contribution in [0, 0.1) is 0 Å². The van der Waals surface area contributed by atoms with E-state index >= 15 is 0 Å². The topological polar surface area (TPSA) is 89.9 Å². The number of carboxylic acid groups (broad SMARTS) is 1. The molecular weight excluding hydrogens is 256 g/mol. The Labute approximate surface area is 109 Å². The van der Waals surface area contributed by atoms with Crippen LogP contribution in [0.3, 0.4) is 0 Å². The smallest absolute Gasteiger partial charge is 0.328 e. The molecule has 2 unspecified atom stereocenters. The van der Waals surface area contributed by atoms with E-state index in [9.17, 15) is 14.7 Å². The third kappa shape index (κ3) is 4.01. The minimum atomic E-state index is -1.30. The second-order valence-electron chi connectivity index (χ2n) is 3.99. The van der Waals surface area contributed by atoms with Gasteiger partial charge in [-0.25, -0.2) is 9.59 Å². The second-order valence-corrected chi connectivity index (χ2v) is 4.77. The van der Waals surface area contributed by atoms with Gasteiger partial charge < -0.3 is 20.4 Å². The largest absolute Gasteiger partial charge is 0.480 e. The molecule has 2 atom stereocenters. The predicted octanol–water partition coefficient (Wildman–Crippen LogP) is 0.723. The Bertz CT molecular complexity index is 405. The second kappa shape index (κ2) is 6.36. The zero-order valence-corrected chi connectivity index (χ0v) is 11.0. The zero-order valence-electron chi connectivity index (χ0n) is 10.2. The van der Waals surface area contributed by atoms with Crippen molar-refractivity contribution >= 4 is 23.3 Å². The average Bonchev–Trinajstić information content (AvgIpc) is 2.77. The summed E-state index contributed by atoms with van der Waals surface area (Å²) in [6.45, 7) is 1.71. The van der Waals surface area contributed by atoms with Crippen molar-refractivity contribution in [2.75, 3.05) is 7.05 Å². The van der Waals surface area contributed by atoms with Crippen LogP contribution in [0.5, 0.6) is 0 Å². The van der Waals surface area contributed by atoms with Gasteiger partial charge in [0.1, 0.15) is 0 Å². The Kier molecular flexibility index (Phi) is 5.11. The van der Waals surface area contributed by atoms with Gasteiger partial charge in [0.2, 0.25) is 0 Å². The fourth-order valence-corrected chi connectivity index (χ4v) is 2.02. The highest BCUT2D eigenvalue weighted by Crippen LogP contribution is 2.08. The van der Waals surface area contributed by atoms with Crippen molar-refractivity contribution in [1.82, 2.24) is 10.2 Å². The molecule has 0 saturated carbocycles. The van der Waals surface area contributed by atoms with Gasteiger partial charge in [0.25, 0.3) is 0 Å². The van der Waals surface area contributed by atoms with Crippen molar-refractivity contribution in [2.45, 2.75) is 25.6 Å². The number of nitrogens with one attached hydrogen (secondary N) is 1. The molecule has 2 amide bonds. The number of nitrogens with zero attached hydrogens (tertiary/aromatic N) is 1. The SMILES string of the molecule is CC(O)C(NC(=O)N(C)Cc1ccsc1)C(=O)O. The van der Waals surface area contributed by atoms with Crippen LogP contribution in [0.1, 0.15) is 12.5 Å². The number of hydrogen-bond donors (Lipinski definition) is 3. The fourth-order valence-electron chi connectivity index (χ4n) is 1.36. The van der Waals surface area contributed by atoms with E-state index in [1.165, 1.54) is 23.2 Å². The van der Waals surface area contributed by atoms with Gasteiger partial charge in [-0.2, -0.15) is 11.3 Å². The lowest BCUT2D eigenvalue weighted by atomic mass is 10.2.